The average Bonchev–Trinajstić information content (AvgIpc) is 2.79. The Hall–Kier alpha value is -1.51. The Kier molecular flexibility index (Phi) is 4.13. The second-order valence-corrected chi connectivity index (χ2v) is 5.50. The van der Waals surface area contributed by atoms with Crippen molar-refractivity contribution in [1.82, 2.24) is 4.90 Å². The fourth-order valence-electron chi connectivity index (χ4n) is 3.03. The molecule has 1 heterocycles. The molecule has 2 atom stereocenters. The topological polar surface area (TPSA) is 32.3 Å². The third kappa shape index (κ3) is 2.60. The van der Waals surface area contributed by atoms with Gasteiger partial charge in [0, 0.05) is 24.8 Å². The van der Waals surface area contributed by atoms with Gasteiger partial charge in [0.2, 0.25) is 0 Å². The van der Waals surface area contributed by atoms with Crippen molar-refractivity contribution in [3.63, 3.8) is 0 Å². The maximum absolute atomic E-state index is 12.8. The van der Waals surface area contributed by atoms with Crippen LogP contribution in [-0.2, 0) is 0 Å². The molecule has 1 aromatic rings. The van der Waals surface area contributed by atoms with Gasteiger partial charge < -0.3 is 10.2 Å². The highest BCUT2D eigenvalue weighted by molar-refractivity contribution is 6.00. The van der Waals surface area contributed by atoms with Crippen molar-refractivity contribution in [2.24, 2.45) is 0 Å². The number of aryl methyl sites for hydroxylation is 1. The predicted molar refractivity (Wildman–Crippen MR) is 79.7 cm³/mol. The number of likely N-dealkylation sites (tertiary alicyclic amines) is 1. The molecule has 1 aliphatic heterocycles. The van der Waals surface area contributed by atoms with Crippen LogP contribution in [0.15, 0.2) is 18.2 Å². The molecule has 0 spiro atoms. The van der Waals surface area contributed by atoms with Crippen LogP contribution in [0.1, 0.15) is 49.0 Å². The zero-order valence-electron chi connectivity index (χ0n) is 12.4. The summed E-state index contributed by atoms with van der Waals surface area (Å²) < 4.78 is 0. The van der Waals surface area contributed by atoms with Crippen molar-refractivity contribution < 1.29 is 4.79 Å². The van der Waals surface area contributed by atoms with Gasteiger partial charge in [-0.05, 0) is 45.2 Å². The van der Waals surface area contributed by atoms with E-state index in [1.165, 1.54) is 0 Å². The molecule has 1 aliphatic rings. The molecule has 1 fully saturated rings. The number of hydrogen-bond donors (Lipinski definition) is 1. The normalized spacial score (nSPS) is 22.6. The summed E-state index contributed by atoms with van der Waals surface area (Å²) >= 11 is 0. The van der Waals surface area contributed by atoms with Crippen LogP contribution in [0.4, 0.5) is 5.69 Å². The van der Waals surface area contributed by atoms with Crippen molar-refractivity contribution in [2.45, 2.75) is 52.1 Å². The largest absolute Gasteiger partial charge is 0.387 e. The number of hydrogen-bond acceptors (Lipinski definition) is 2. The molecule has 2 unspecified atom stereocenters. The Labute approximate surface area is 116 Å². The minimum Gasteiger partial charge on any atom is -0.387 e. The second kappa shape index (κ2) is 5.64. The average molecular weight is 260 g/mol. The first kappa shape index (κ1) is 13.9. The molecule has 1 N–H and O–H groups in total. The van der Waals surface area contributed by atoms with E-state index in [4.69, 9.17) is 0 Å². The number of carbonyl (C=O) groups excluding carboxylic acids is 1. The molecule has 0 aromatic heterocycles. The predicted octanol–water partition coefficient (Wildman–Crippen LogP) is 3.44. The van der Waals surface area contributed by atoms with E-state index in [-0.39, 0.29) is 5.91 Å². The van der Waals surface area contributed by atoms with Crippen LogP contribution in [0.25, 0.3) is 0 Å². The summed E-state index contributed by atoms with van der Waals surface area (Å²) in [6.45, 7) is 6.35. The monoisotopic (exact) mass is 260 g/mol. The van der Waals surface area contributed by atoms with Crippen LogP contribution in [0, 0.1) is 6.92 Å². The molecule has 1 saturated heterocycles. The van der Waals surface area contributed by atoms with Crippen molar-refractivity contribution in [1.29, 1.82) is 0 Å². The molecule has 0 aliphatic carbocycles. The quantitative estimate of drug-likeness (QED) is 0.903. The maximum atomic E-state index is 12.8. The van der Waals surface area contributed by atoms with Gasteiger partial charge in [0.15, 0.2) is 0 Å². The van der Waals surface area contributed by atoms with Crippen LogP contribution in [0.2, 0.25) is 0 Å². The second-order valence-electron chi connectivity index (χ2n) is 5.50. The SMILES string of the molecule is CCC1CCC(C)N1C(=O)c1cc(C)ccc1NC. The number of nitrogens with zero attached hydrogens (tertiary/aromatic N) is 1. The lowest BCUT2D eigenvalue weighted by Crippen LogP contribution is -2.40. The molecule has 0 saturated carbocycles. The standard InChI is InChI=1S/C16H24N2O/c1-5-13-8-7-12(3)18(13)16(19)14-10-11(2)6-9-15(14)17-4/h6,9-10,12-13,17H,5,7-8H2,1-4H3. The highest BCUT2D eigenvalue weighted by Gasteiger charge is 2.34. The van der Waals surface area contributed by atoms with Crippen molar-refractivity contribution >= 4 is 11.6 Å². The summed E-state index contributed by atoms with van der Waals surface area (Å²) in [5, 5.41) is 3.13. The molecule has 19 heavy (non-hydrogen) atoms. The van der Waals surface area contributed by atoms with Crippen LogP contribution in [0.5, 0.6) is 0 Å². The van der Waals surface area contributed by atoms with E-state index in [2.05, 4.69) is 24.1 Å². The van der Waals surface area contributed by atoms with E-state index in [9.17, 15) is 4.79 Å². The molecule has 1 amide bonds. The van der Waals surface area contributed by atoms with Gasteiger partial charge in [-0.25, -0.2) is 0 Å². The van der Waals surface area contributed by atoms with E-state index in [0.29, 0.717) is 12.1 Å². The van der Waals surface area contributed by atoms with Gasteiger partial charge in [0.25, 0.3) is 5.91 Å². The molecular weight excluding hydrogens is 236 g/mol. The molecule has 0 bridgehead atoms. The van der Waals surface area contributed by atoms with Crippen molar-refractivity contribution in [3.05, 3.63) is 29.3 Å². The van der Waals surface area contributed by atoms with E-state index in [1.54, 1.807) is 0 Å². The number of anilines is 1. The highest BCUT2D eigenvalue weighted by atomic mass is 16.2. The fourth-order valence-corrected chi connectivity index (χ4v) is 3.03. The molecule has 1 aromatic carbocycles. The maximum Gasteiger partial charge on any atom is 0.256 e. The summed E-state index contributed by atoms with van der Waals surface area (Å²) in [5.74, 6) is 0.171. The zero-order chi connectivity index (χ0) is 14.0. The van der Waals surface area contributed by atoms with E-state index in [1.807, 2.05) is 32.2 Å². The summed E-state index contributed by atoms with van der Waals surface area (Å²) in [5.41, 5.74) is 2.85. The number of rotatable bonds is 3. The van der Waals surface area contributed by atoms with Crippen molar-refractivity contribution in [2.75, 3.05) is 12.4 Å². The molecule has 0 radical (unpaired) electrons. The van der Waals surface area contributed by atoms with Crippen LogP contribution in [0.3, 0.4) is 0 Å². The van der Waals surface area contributed by atoms with Gasteiger partial charge in [-0.15, -0.1) is 0 Å². The number of nitrogens with one attached hydrogen (secondary N) is 1. The minimum absolute atomic E-state index is 0.171. The van der Waals surface area contributed by atoms with Gasteiger partial charge in [-0.3, -0.25) is 4.79 Å². The van der Waals surface area contributed by atoms with Crippen LogP contribution >= 0.6 is 0 Å². The smallest absolute Gasteiger partial charge is 0.256 e. The summed E-state index contributed by atoms with van der Waals surface area (Å²) in [4.78, 5) is 14.9. The first-order valence-corrected chi connectivity index (χ1v) is 7.19. The number of benzene rings is 1. The van der Waals surface area contributed by atoms with Gasteiger partial charge >= 0.3 is 0 Å². The third-order valence-corrected chi connectivity index (χ3v) is 4.17. The summed E-state index contributed by atoms with van der Waals surface area (Å²) in [7, 11) is 1.87. The Morgan fingerprint density at radius 3 is 2.79 bits per heavy atom. The summed E-state index contributed by atoms with van der Waals surface area (Å²) in [6, 6.07) is 6.76. The Balaban J connectivity index is 2.35. The highest BCUT2D eigenvalue weighted by Crippen LogP contribution is 2.30. The number of carbonyl (C=O) groups is 1. The van der Waals surface area contributed by atoms with Gasteiger partial charge in [-0.2, -0.15) is 0 Å². The van der Waals surface area contributed by atoms with Gasteiger partial charge in [0.1, 0.15) is 0 Å². The Bertz CT molecular complexity index is 470. The fraction of sp³-hybridized carbons (Fsp3) is 0.562. The van der Waals surface area contributed by atoms with Crippen molar-refractivity contribution in [3.8, 4) is 0 Å². The summed E-state index contributed by atoms with van der Waals surface area (Å²) in [6.07, 6.45) is 3.28. The van der Waals surface area contributed by atoms with Gasteiger partial charge in [0.05, 0.1) is 5.56 Å². The molecule has 3 heteroatoms. The molecule has 3 nitrogen and oxygen atoms in total. The minimum atomic E-state index is 0.171. The molecule has 104 valence electrons. The van der Waals surface area contributed by atoms with E-state index >= 15 is 0 Å². The van der Waals surface area contributed by atoms with E-state index < -0.39 is 0 Å². The lowest BCUT2D eigenvalue weighted by molar-refractivity contribution is 0.0677. The number of amides is 1. The molecular formula is C16H24N2O. The molecule has 2 rings (SSSR count). The first-order chi connectivity index (χ1) is 9.08. The Morgan fingerprint density at radius 2 is 2.16 bits per heavy atom. The lowest BCUT2D eigenvalue weighted by atomic mass is 10.1. The van der Waals surface area contributed by atoms with Crippen LogP contribution < -0.4 is 5.32 Å². The first-order valence-electron chi connectivity index (χ1n) is 7.19. The lowest BCUT2D eigenvalue weighted by Gasteiger charge is -2.29. The zero-order valence-corrected chi connectivity index (χ0v) is 12.4. The van der Waals surface area contributed by atoms with Gasteiger partial charge in [-0.1, -0.05) is 18.6 Å². The Morgan fingerprint density at radius 1 is 1.42 bits per heavy atom. The third-order valence-electron chi connectivity index (χ3n) is 4.17. The van der Waals surface area contributed by atoms with Crippen LogP contribution in [-0.4, -0.2) is 29.9 Å². The van der Waals surface area contributed by atoms with E-state index in [0.717, 1.165) is 36.1 Å².